The molecule has 0 saturated carbocycles. The van der Waals surface area contributed by atoms with E-state index in [1.807, 2.05) is 30.3 Å². The van der Waals surface area contributed by atoms with Crippen molar-refractivity contribution in [2.45, 2.75) is 52.0 Å². The quantitative estimate of drug-likeness (QED) is 0.370. The topological polar surface area (TPSA) is 91.2 Å². The molecule has 1 aliphatic heterocycles. The molecule has 0 atom stereocenters. The van der Waals surface area contributed by atoms with Crippen molar-refractivity contribution in [1.82, 2.24) is 20.3 Å². The number of aromatic nitrogens is 3. The molecule has 37 heavy (non-hydrogen) atoms. The second-order valence-electron chi connectivity index (χ2n) is 9.85. The third-order valence-corrected chi connectivity index (χ3v) is 7.16. The number of hydrogen-bond donors (Lipinski definition) is 2. The molecule has 7 nitrogen and oxygen atoms in total. The molecular weight excluding hydrogens is 462 g/mol. The van der Waals surface area contributed by atoms with Gasteiger partial charge in [-0.25, -0.2) is 9.97 Å². The summed E-state index contributed by atoms with van der Waals surface area (Å²) in [6, 6.07) is 17.5. The van der Waals surface area contributed by atoms with Gasteiger partial charge in [-0.1, -0.05) is 18.2 Å². The summed E-state index contributed by atoms with van der Waals surface area (Å²) in [5, 5.41) is 14.7. The van der Waals surface area contributed by atoms with E-state index in [1.165, 1.54) is 11.1 Å². The Bertz CT molecular complexity index is 1400. The summed E-state index contributed by atoms with van der Waals surface area (Å²) in [5.74, 6) is 1.68. The van der Waals surface area contributed by atoms with Crippen molar-refractivity contribution in [3.05, 3.63) is 77.6 Å². The number of phenols is 1. The maximum Gasteiger partial charge on any atom is 0.220 e. The number of nitrogens with zero attached hydrogens (tertiary/aromatic N) is 4. The van der Waals surface area contributed by atoms with E-state index in [0.29, 0.717) is 17.8 Å². The summed E-state index contributed by atoms with van der Waals surface area (Å²) in [6.07, 6.45) is 5.62. The van der Waals surface area contributed by atoms with Crippen molar-refractivity contribution in [2.75, 3.05) is 18.0 Å². The van der Waals surface area contributed by atoms with Gasteiger partial charge in [0.25, 0.3) is 0 Å². The molecule has 2 aromatic carbocycles. The van der Waals surface area contributed by atoms with Gasteiger partial charge in [-0.2, -0.15) is 0 Å². The van der Waals surface area contributed by atoms with Gasteiger partial charge in [0.1, 0.15) is 11.6 Å². The Labute approximate surface area is 217 Å². The molecule has 0 unspecified atom stereocenters. The normalized spacial score (nSPS) is 14.2. The molecule has 7 heteroatoms. The van der Waals surface area contributed by atoms with Gasteiger partial charge in [0.2, 0.25) is 5.91 Å². The first-order valence-electron chi connectivity index (χ1n) is 13.0. The second kappa shape index (κ2) is 10.9. The van der Waals surface area contributed by atoms with Crippen LogP contribution in [0.3, 0.4) is 0 Å². The summed E-state index contributed by atoms with van der Waals surface area (Å²) >= 11 is 0. The van der Waals surface area contributed by atoms with Crippen LogP contribution in [-0.2, 0) is 11.2 Å². The number of amides is 1. The number of piperidine rings is 1. The minimum Gasteiger partial charge on any atom is -0.507 e. The van der Waals surface area contributed by atoms with E-state index in [2.05, 4.69) is 41.2 Å². The van der Waals surface area contributed by atoms with Crippen LogP contribution in [0.5, 0.6) is 5.75 Å². The SMILES string of the molecule is Cc1cc2nc(-c3ccccc3O)nc(N3CCC(NC(=O)CCCc4ccccn4)CC3)c2cc1C. The lowest BCUT2D eigenvalue weighted by atomic mass is 10.0. The van der Waals surface area contributed by atoms with Crippen LogP contribution in [-0.4, -0.2) is 45.1 Å². The Hall–Kier alpha value is -4.00. The van der Waals surface area contributed by atoms with Crippen LogP contribution in [0.1, 0.15) is 42.5 Å². The summed E-state index contributed by atoms with van der Waals surface area (Å²) in [5.41, 5.74) is 4.88. The number of fused-ring (bicyclic) bond motifs is 1. The third kappa shape index (κ3) is 5.71. The fourth-order valence-corrected chi connectivity index (χ4v) is 4.91. The Morgan fingerprint density at radius 2 is 1.78 bits per heavy atom. The maximum atomic E-state index is 12.5. The van der Waals surface area contributed by atoms with Crippen molar-refractivity contribution in [2.24, 2.45) is 0 Å². The molecule has 5 rings (SSSR count). The van der Waals surface area contributed by atoms with Crippen LogP contribution in [0, 0.1) is 13.8 Å². The third-order valence-electron chi connectivity index (χ3n) is 7.16. The van der Waals surface area contributed by atoms with E-state index in [1.54, 1.807) is 18.3 Å². The van der Waals surface area contributed by atoms with Gasteiger partial charge in [-0.05, 0) is 87.1 Å². The number of aromatic hydroxyl groups is 1. The molecule has 0 aliphatic carbocycles. The van der Waals surface area contributed by atoms with Gasteiger partial charge in [0.05, 0.1) is 11.1 Å². The number of aryl methyl sites for hydroxylation is 3. The predicted octanol–water partition coefficient (Wildman–Crippen LogP) is 5.12. The zero-order chi connectivity index (χ0) is 25.8. The number of carbonyl (C=O) groups is 1. The highest BCUT2D eigenvalue weighted by molar-refractivity contribution is 5.92. The molecular formula is C30H33N5O2. The average Bonchev–Trinajstić information content (AvgIpc) is 2.90. The molecule has 190 valence electrons. The second-order valence-corrected chi connectivity index (χ2v) is 9.85. The lowest BCUT2D eigenvalue weighted by Crippen LogP contribution is -2.45. The fourth-order valence-electron chi connectivity index (χ4n) is 4.91. The lowest BCUT2D eigenvalue weighted by Gasteiger charge is -2.34. The van der Waals surface area contributed by atoms with Gasteiger partial charge in [-0.15, -0.1) is 0 Å². The summed E-state index contributed by atoms with van der Waals surface area (Å²) in [6.45, 7) is 5.77. The van der Waals surface area contributed by atoms with Gasteiger partial charge in [0, 0.05) is 42.8 Å². The molecule has 1 fully saturated rings. The number of nitrogens with one attached hydrogen (secondary N) is 1. The standard InChI is InChI=1S/C30H33N5O2/c1-20-18-25-26(19-21(20)2)33-29(24-10-3-4-11-27(24)36)34-30(25)35-16-13-23(14-17-35)32-28(37)12-7-9-22-8-5-6-15-31-22/h3-6,8,10-11,15,18-19,23,36H,7,9,12-14,16-17H2,1-2H3,(H,32,37). The molecule has 4 aromatic rings. The number of phenolic OH excluding ortho intramolecular Hbond substituents is 1. The first kappa shape index (κ1) is 24.7. The van der Waals surface area contributed by atoms with Crippen LogP contribution < -0.4 is 10.2 Å². The molecule has 2 aromatic heterocycles. The van der Waals surface area contributed by atoms with Crippen LogP contribution in [0.2, 0.25) is 0 Å². The number of para-hydroxylation sites is 1. The van der Waals surface area contributed by atoms with Crippen molar-refractivity contribution >= 4 is 22.6 Å². The highest BCUT2D eigenvalue weighted by Gasteiger charge is 2.24. The molecule has 2 N–H and O–H groups in total. The van der Waals surface area contributed by atoms with E-state index in [9.17, 15) is 9.90 Å². The molecule has 1 amide bonds. The van der Waals surface area contributed by atoms with Gasteiger partial charge in [0.15, 0.2) is 5.82 Å². The Morgan fingerprint density at radius 1 is 1.03 bits per heavy atom. The van der Waals surface area contributed by atoms with Crippen LogP contribution in [0.4, 0.5) is 5.82 Å². The van der Waals surface area contributed by atoms with Crippen molar-refractivity contribution < 1.29 is 9.90 Å². The Balaban J connectivity index is 1.28. The molecule has 0 bridgehead atoms. The van der Waals surface area contributed by atoms with Crippen molar-refractivity contribution in [3.63, 3.8) is 0 Å². The monoisotopic (exact) mass is 495 g/mol. The zero-order valence-corrected chi connectivity index (χ0v) is 21.4. The molecule has 0 spiro atoms. The number of anilines is 1. The zero-order valence-electron chi connectivity index (χ0n) is 21.4. The number of rotatable bonds is 7. The molecule has 0 radical (unpaired) electrons. The number of hydrogen-bond acceptors (Lipinski definition) is 6. The molecule has 3 heterocycles. The van der Waals surface area contributed by atoms with E-state index in [0.717, 1.165) is 61.2 Å². The highest BCUT2D eigenvalue weighted by atomic mass is 16.3. The smallest absolute Gasteiger partial charge is 0.220 e. The summed E-state index contributed by atoms with van der Waals surface area (Å²) in [4.78, 5) is 28.9. The number of carbonyl (C=O) groups excluding carboxylic acids is 1. The molecule has 1 aliphatic rings. The highest BCUT2D eigenvalue weighted by Crippen LogP contribution is 2.33. The van der Waals surface area contributed by atoms with Crippen molar-refractivity contribution in [3.8, 4) is 17.1 Å². The Morgan fingerprint density at radius 3 is 2.54 bits per heavy atom. The summed E-state index contributed by atoms with van der Waals surface area (Å²) in [7, 11) is 0. The van der Waals surface area contributed by atoms with Crippen LogP contribution in [0.15, 0.2) is 60.8 Å². The van der Waals surface area contributed by atoms with E-state index < -0.39 is 0 Å². The first-order chi connectivity index (χ1) is 18.0. The van der Waals surface area contributed by atoms with Gasteiger partial charge >= 0.3 is 0 Å². The van der Waals surface area contributed by atoms with E-state index in [4.69, 9.17) is 9.97 Å². The maximum absolute atomic E-state index is 12.5. The average molecular weight is 496 g/mol. The minimum atomic E-state index is 0.106. The minimum absolute atomic E-state index is 0.106. The van der Waals surface area contributed by atoms with Crippen LogP contribution >= 0.6 is 0 Å². The summed E-state index contributed by atoms with van der Waals surface area (Å²) < 4.78 is 0. The van der Waals surface area contributed by atoms with E-state index in [-0.39, 0.29) is 17.7 Å². The number of benzene rings is 2. The predicted molar refractivity (Wildman–Crippen MR) is 147 cm³/mol. The largest absolute Gasteiger partial charge is 0.507 e. The van der Waals surface area contributed by atoms with Gasteiger partial charge in [-0.3, -0.25) is 9.78 Å². The fraction of sp³-hybridized carbons (Fsp3) is 0.333. The Kier molecular flexibility index (Phi) is 7.30. The van der Waals surface area contributed by atoms with E-state index >= 15 is 0 Å². The van der Waals surface area contributed by atoms with Crippen molar-refractivity contribution in [1.29, 1.82) is 0 Å². The number of pyridine rings is 1. The first-order valence-corrected chi connectivity index (χ1v) is 13.0. The molecule has 1 saturated heterocycles. The van der Waals surface area contributed by atoms with Crippen LogP contribution in [0.25, 0.3) is 22.3 Å². The lowest BCUT2D eigenvalue weighted by molar-refractivity contribution is -0.122. The van der Waals surface area contributed by atoms with Gasteiger partial charge < -0.3 is 15.3 Å².